The summed E-state index contributed by atoms with van der Waals surface area (Å²) in [4.78, 5) is 7.25. The highest BCUT2D eigenvalue weighted by Crippen LogP contribution is 2.28. The van der Waals surface area contributed by atoms with E-state index < -0.39 is 0 Å². The summed E-state index contributed by atoms with van der Waals surface area (Å²) < 4.78 is 0. The van der Waals surface area contributed by atoms with E-state index in [0.717, 1.165) is 35.5 Å². The lowest BCUT2D eigenvalue weighted by molar-refractivity contribution is 0.388. The van der Waals surface area contributed by atoms with Gasteiger partial charge in [0.05, 0.1) is 10.7 Å². The number of aromatic nitrogens is 1. The van der Waals surface area contributed by atoms with Crippen LogP contribution in [0.4, 0.5) is 5.82 Å². The molecule has 0 radical (unpaired) electrons. The molecule has 2 atom stereocenters. The maximum Gasteiger partial charge on any atom is 0.129 e. The van der Waals surface area contributed by atoms with Crippen molar-refractivity contribution in [1.29, 1.82) is 0 Å². The normalized spacial score (nSPS) is 26.9. The van der Waals surface area contributed by atoms with E-state index in [1.807, 2.05) is 6.07 Å². The topological polar surface area (TPSA) is 28.2 Å². The van der Waals surface area contributed by atoms with Gasteiger partial charge in [-0.3, -0.25) is 0 Å². The summed E-state index contributed by atoms with van der Waals surface area (Å²) in [5, 5.41) is 4.28. The van der Waals surface area contributed by atoms with Gasteiger partial charge in [-0.15, -0.1) is 0 Å². The molecule has 1 aliphatic carbocycles. The molecule has 2 unspecified atom stereocenters. The Morgan fingerprint density at radius 2 is 2.05 bits per heavy atom. The molecule has 2 fully saturated rings. The van der Waals surface area contributed by atoms with Gasteiger partial charge < -0.3 is 10.2 Å². The molecule has 0 aromatic carbocycles. The Morgan fingerprint density at radius 3 is 2.80 bits per heavy atom. The highest BCUT2D eigenvalue weighted by atomic mass is 35.5. The number of rotatable bonds is 4. The van der Waals surface area contributed by atoms with Gasteiger partial charge in [-0.25, -0.2) is 4.98 Å². The summed E-state index contributed by atoms with van der Waals surface area (Å²) >= 11 is 6.28. The Kier molecular flexibility index (Phi) is 4.18. The molecule has 1 aromatic heterocycles. The van der Waals surface area contributed by atoms with Crippen molar-refractivity contribution in [1.82, 2.24) is 10.3 Å². The van der Waals surface area contributed by atoms with Crippen LogP contribution in [0.25, 0.3) is 0 Å². The van der Waals surface area contributed by atoms with Gasteiger partial charge in [-0.05, 0) is 50.7 Å². The molecule has 110 valence electrons. The molecule has 0 spiro atoms. The van der Waals surface area contributed by atoms with Crippen LogP contribution in [-0.2, 0) is 6.54 Å². The molecule has 1 saturated carbocycles. The van der Waals surface area contributed by atoms with Gasteiger partial charge in [0.1, 0.15) is 5.82 Å². The fraction of sp³-hybridized carbons (Fsp3) is 0.688. The average molecular weight is 294 g/mol. The van der Waals surface area contributed by atoms with Gasteiger partial charge in [-0.2, -0.15) is 0 Å². The first-order valence-electron chi connectivity index (χ1n) is 7.79. The van der Waals surface area contributed by atoms with Gasteiger partial charge in [0.25, 0.3) is 0 Å². The standard InChI is InChI=1S/C16H24ClN3/c1-11-3-4-12(2)20(10-11)16-8-7-14(17)15(19-16)9-18-13-5-6-13/h7-8,11-13,18H,3-6,9-10H2,1-2H3. The molecule has 1 aromatic rings. The van der Waals surface area contributed by atoms with Crippen molar-refractivity contribution in [3.05, 3.63) is 22.8 Å². The summed E-state index contributed by atoms with van der Waals surface area (Å²) in [6.07, 6.45) is 5.15. The summed E-state index contributed by atoms with van der Waals surface area (Å²) in [5.41, 5.74) is 0.987. The first-order chi connectivity index (χ1) is 9.63. The van der Waals surface area contributed by atoms with Gasteiger partial charge >= 0.3 is 0 Å². The number of halogens is 1. The maximum absolute atomic E-state index is 6.28. The summed E-state index contributed by atoms with van der Waals surface area (Å²) in [5.74, 6) is 1.83. The molecule has 2 aliphatic rings. The van der Waals surface area contributed by atoms with Gasteiger partial charge in [0.15, 0.2) is 0 Å². The van der Waals surface area contributed by atoms with Crippen molar-refractivity contribution in [2.75, 3.05) is 11.4 Å². The highest BCUT2D eigenvalue weighted by Gasteiger charge is 2.25. The molecule has 0 bridgehead atoms. The first-order valence-corrected chi connectivity index (χ1v) is 8.16. The van der Waals surface area contributed by atoms with Crippen LogP contribution in [0.5, 0.6) is 0 Å². The summed E-state index contributed by atoms with van der Waals surface area (Å²) in [6.45, 7) is 6.51. The number of pyridine rings is 1. The molecule has 2 heterocycles. The minimum atomic E-state index is 0.573. The van der Waals surface area contributed by atoms with E-state index in [-0.39, 0.29) is 0 Å². The zero-order valence-electron chi connectivity index (χ0n) is 12.4. The lowest BCUT2D eigenvalue weighted by atomic mass is 9.95. The molecule has 0 amide bonds. The van der Waals surface area contributed by atoms with E-state index in [2.05, 4.69) is 30.1 Å². The number of hydrogen-bond acceptors (Lipinski definition) is 3. The van der Waals surface area contributed by atoms with Crippen molar-refractivity contribution in [3.63, 3.8) is 0 Å². The number of nitrogens with zero attached hydrogens (tertiary/aromatic N) is 2. The predicted molar refractivity (Wildman–Crippen MR) is 84.3 cm³/mol. The Bertz CT molecular complexity index is 473. The first kappa shape index (κ1) is 14.2. The fourth-order valence-corrected chi connectivity index (χ4v) is 3.07. The van der Waals surface area contributed by atoms with Crippen LogP contribution in [0.2, 0.25) is 5.02 Å². The van der Waals surface area contributed by atoms with Crippen LogP contribution in [0.15, 0.2) is 12.1 Å². The van der Waals surface area contributed by atoms with E-state index in [9.17, 15) is 0 Å². The molecule has 4 heteroatoms. The predicted octanol–water partition coefficient (Wildman–Crippen LogP) is 3.61. The number of nitrogens with one attached hydrogen (secondary N) is 1. The van der Waals surface area contributed by atoms with E-state index >= 15 is 0 Å². The van der Waals surface area contributed by atoms with Crippen molar-refractivity contribution < 1.29 is 0 Å². The van der Waals surface area contributed by atoms with Crippen molar-refractivity contribution in [2.24, 2.45) is 5.92 Å². The minimum Gasteiger partial charge on any atom is -0.354 e. The van der Waals surface area contributed by atoms with Crippen LogP contribution in [0.1, 0.15) is 45.2 Å². The van der Waals surface area contributed by atoms with Crippen LogP contribution in [0.3, 0.4) is 0 Å². The van der Waals surface area contributed by atoms with Crippen LogP contribution < -0.4 is 10.2 Å². The lowest BCUT2D eigenvalue weighted by Crippen LogP contribution is -2.41. The summed E-state index contributed by atoms with van der Waals surface area (Å²) in [7, 11) is 0. The van der Waals surface area contributed by atoms with Crippen molar-refractivity contribution >= 4 is 17.4 Å². The monoisotopic (exact) mass is 293 g/mol. The van der Waals surface area contributed by atoms with E-state index in [1.54, 1.807) is 0 Å². The third kappa shape index (κ3) is 3.26. The SMILES string of the molecule is CC1CCC(C)N(c2ccc(Cl)c(CNC3CC3)n2)C1. The van der Waals surface area contributed by atoms with Crippen LogP contribution in [-0.4, -0.2) is 23.6 Å². The fourth-order valence-electron chi connectivity index (χ4n) is 2.89. The number of piperidine rings is 1. The number of anilines is 1. The molecule has 1 saturated heterocycles. The third-order valence-corrected chi connectivity index (χ3v) is 4.80. The van der Waals surface area contributed by atoms with E-state index in [1.165, 1.54) is 25.7 Å². The van der Waals surface area contributed by atoms with Gasteiger partial charge in [0.2, 0.25) is 0 Å². The van der Waals surface area contributed by atoms with Crippen molar-refractivity contribution in [2.45, 2.75) is 58.2 Å². The Labute approximate surface area is 126 Å². The van der Waals surface area contributed by atoms with Crippen LogP contribution in [0, 0.1) is 5.92 Å². The second kappa shape index (κ2) is 5.90. The number of hydrogen-bond donors (Lipinski definition) is 1. The minimum absolute atomic E-state index is 0.573. The zero-order valence-corrected chi connectivity index (χ0v) is 13.2. The Hall–Kier alpha value is -0.800. The lowest BCUT2D eigenvalue weighted by Gasteiger charge is -2.38. The van der Waals surface area contributed by atoms with Gasteiger partial charge in [0, 0.05) is 25.2 Å². The largest absolute Gasteiger partial charge is 0.354 e. The quantitative estimate of drug-likeness (QED) is 0.919. The molecule has 1 N–H and O–H groups in total. The van der Waals surface area contributed by atoms with Crippen LogP contribution >= 0.6 is 11.6 Å². The van der Waals surface area contributed by atoms with Crippen molar-refractivity contribution in [3.8, 4) is 0 Å². The van der Waals surface area contributed by atoms with E-state index in [0.29, 0.717) is 12.1 Å². The smallest absolute Gasteiger partial charge is 0.129 e. The summed E-state index contributed by atoms with van der Waals surface area (Å²) in [6, 6.07) is 5.33. The van der Waals surface area contributed by atoms with Gasteiger partial charge in [-0.1, -0.05) is 18.5 Å². The maximum atomic E-state index is 6.28. The molecule has 3 nitrogen and oxygen atoms in total. The average Bonchev–Trinajstić information content (AvgIpc) is 3.25. The van der Waals surface area contributed by atoms with E-state index in [4.69, 9.17) is 16.6 Å². The molecule has 20 heavy (non-hydrogen) atoms. The highest BCUT2D eigenvalue weighted by molar-refractivity contribution is 6.31. The second-order valence-corrected chi connectivity index (χ2v) is 6.84. The zero-order chi connectivity index (χ0) is 14.1. The molecule has 1 aliphatic heterocycles. The Balaban J connectivity index is 1.75. The third-order valence-electron chi connectivity index (χ3n) is 4.45. The molecular formula is C16H24ClN3. The molecule has 3 rings (SSSR count). The molecular weight excluding hydrogens is 270 g/mol. The second-order valence-electron chi connectivity index (χ2n) is 6.44. The Morgan fingerprint density at radius 1 is 1.25 bits per heavy atom.